The number of Topliss-reactive ketones (excluding diaryl/α,β-unsaturated/α-hetero) is 2. The molecule has 3 nitrogen and oxygen atoms in total. The predicted octanol–water partition coefficient (Wildman–Crippen LogP) is 4.72. The minimum Gasteiger partial charge on any atom is -0.465 e. The molecule has 128 valence electrons. The summed E-state index contributed by atoms with van der Waals surface area (Å²) in [5, 5.41) is 0. The molecule has 0 radical (unpaired) electrons. The molecule has 0 aliphatic heterocycles. The Morgan fingerprint density at radius 3 is 2.33 bits per heavy atom. The first-order valence-corrected chi connectivity index (χ1v) is 7.56. The molecule has 0 saturated carbocycles. The first kappa shape index (κ1) is 18.0. The van der Waals surface area contributed by atoms with Crippen LogP contribution in [0.5, 0.6) is 0 Å². The molecular formula is C18H17F3O3. The van der Waals surface area contributed by atoms with Crippen LogP contribution in [0.25, 0.3) is 0 Å². The van der Waals surface area contributed by atoms with Gasteiger partial charge in [0.15, 0.2) is 5.78 Å². The number of hydrogen-bond donors (Lipinski definition) is 0. The molecular weight excluding hydrogens is 321 g/mol. The maximum Gasteiger partial charge on any atom is 0.399 e. The average molecular weight is 338 g/mol. The van der Waals surface area contributed by atoms with Gasteiger partial charge in [-0.3, -0.25) is 9.59 Å². The Balaban J connectivity index is 2.20. The summed E-state index contributed by atoms with van der Waals surface area (Å²) in [7, 11) is 0. The third-order valence-electron chi connectivity index (χ3n) is 3.67. The number of alkyl halides is 3. The van der Waals surface area contributed by atoms with E-state index in [-0.39, 0.29) is 35.7 Å². The second kappa shape index (κ2) is 7.47. The van der Waals surface area contributed by atoms with Gasteiger partial charge in [-0.1, -0.05) is 37.3 Å². The number of carbonyl (C=O) groups excluding carboxylic acids is 2. The van der Waals surface area contributed by atoms with E-state index in [1.165, 1.54) is 24.3 Å². The smallest absolute Gasteiger partial charge is 0.399 e. The number of ketones is 2. The number of benzene rings is 1. The summed E-state index contributed by atoms with van der Waals surface area (Å²) >= 11 is 0. The van der Waals surface area contributed by atoms with Crippen LogP contribution in [0.15, 0.2) is 46.9 Å². The van der Waals surface area contributed by atoms with Crippen LogP contribution < -0.4 is 0 Å². The van der Waals surface area contributed by atoms with E-state index in [2.05, 4.69) is 0 Å². The third-order valence-corrected chi connectivity index (χ3v) is 3.67. The minimum absolute atomic E-state index is 0.0479. The van der Waals surface area contributed by atoms with E-state index < -0.39 is 24.3 Å². The molecule has 0 bridgehead atoms. The van der Waals surface area contributed by atoms with Gasteiger partial charge in [-0.2, -0.15) is 13.2 Å². The molecule has 2 rings (SSSR count). The summed E-state index contributed by atoms with van der Waals surface area (Å²) in [6.07, 6.45) is -5.12. The van der Waals surface area contributed by atoms with Gasteiger partial charge >= 0.3 is 6.18 Å². The van der Waals surface area contributed by atoms with Crippen LogP contribution in [-0.2, 0) is 11.2 Å². The van der Waals surface area contributed by atoms with Crippen LogP contribution in [0.3, 0.4) is 0 Å². The number of carbonyl (C=O) groups is 2. The lowest BCUT2D eigenvalue weighted by Gasteiger charge is -2.17. The fourth-order valence-corrected chi connectivity index (χ4v) is 2.30. The van der Waals surface area contributed by atoms with Crippen molar-refractivity contribution >= 4 is 11.6 Å². The fourth-order valence-electron chi connectivity index (χ4n) is 2.30. The molecule has 6 heteroatoms. The van der Waals surface area contributed by atoms with Crippen LogP contribution in [0, 0.1) is 0 Å². The highest BCUT2D eigenvalue weighted by Gasteiger charge is 2.44. The number of halogens is 3. The molecule has 24 heavy (non-hydrogen) atoms. The van der Waals surface area contributed by atoms with Gasteiger partial charge in [0.25, 0.3) is 0 Å². The van der Waals surface area contributed by atoms with Gasteiger partial charge in [0, 0.05) is 18.4 Å². The van der Waals surface area contributed by atoms with Gasteiger partial charge in [0.2, 0.25) is 0 Å². The first-order chi connectivity index (χ1) is 11.3. The maximum atomic E-state index is 13.3. The highest BCUT2D eigenvalue weighted by atomic mass is 19.4. The molecule has 2 aromatic rings. The van der Waals surface area contributed by atoms with Gasteiger partial charge in [0.05, 0.1) is 6.42 Å². The van der Waals surface area contributed by atoms with Gasteiger partial charge in [-0.05, 0) is 12.1 Å². The Morgan fingerprint density at radius 1 is 1.08 bits per heavy atom. The summed E-state index contributed by atoms with van der Waals surface area (Å²) in [4.78, 5) is 23.5. The van der Waals surface area contributed by atoms with E-state index >= 15 is 0 Å². The molecule has 0 fully saturated rings. The van der Waals surface area contributed by atoms with Crippen molar-refractivity contribution in [1.82, 2.24) is 0 Å². The van der Waals surface area contributed by atoms with Crippen molar-refractivity contribution in [2.24, 2.45) is 0 Å². The summed E-state index contributed by atoms with van der Waals surface area (Å²) in [6.45, 7) is 1.67. The lowest BCUT2D eigenvalue weighted by Crippen LogP contribution is -2.23. The highest BCUT2D eigenvalue weighted by Crippen LogP contribution is 2.39. The largest absolute Gasteiger partial charge is 0.465 e. The summed E-state index contributed by atoms with van der Waals surface area (Å²) in [5.74, 6) is -2.93. The van der Waals surface area contributed by atoms with Crippen LogP contribution >= 0.6 is 0 Å². The average Bonchev–Trinajstić information content (AvgIpc) is 2.99. The Hall–Kier alpha value is -2.37. The highest BCUT2D eigenvalue weighted by molar-refractivity contribution is 5.96. The lowest BCUT2D eigenvalue weighted by atomic mass is 9.95. The quantitative estimate of drug-likeness (QED) is 0.686. The summed E-state index contributed by atoms with van der Waals surface area (Å²) in [5.41, 5.74) is 0.222. The topological polar surface area (TPSA) is 47.3 Å². The molecule has 1 atom stereocenters. The number of furan rings is 1. The van der Waals surface area contributed by atoms with Gasteiger partial charge < -0.3 is 4.42 Å². The molecule has 0 amide bonds. The molecule has 0 saturated heterocycles. The monoisotopic (exact) mass is 338 g/mol. The van der Waals surface area contributed by atoms with Crippen molar-refractivity contribution in [3.8, 4) is 0 Å². The van der Waals surface area contributed by atoms with Crippen LogP contribution in [0.2, 0.25) is 0 Å². The normalized spacial score (nSPS) is 12.8. The number of hydrogen-bond acceptors (Lipinski definition) is 3. The summed E-state index contributed by atoms with van der Waals surface area (Å²) < 4.78 is 45.2. The van der Waals surface area contributed by atoms with Crippen LogP contribution in [-0.4, -0.2) is 17.7 Å². The standard InChI is InChI=1S/C18H17F3O3/c1-2-13(22)10-14-8-9-17(24-14)15(18(19,20)21)11-16(23)12-6-4-3-5-7-12/h3-9,15H,2,10-11H2,1H3/t15-/m0/s1. The van der Waals surface area contributed by atoms with E-state index in [1.807, 2.05) is 0 Å². The Bertz CT molecular complexity index is 702. The zero-order chi connectivity index (χ0) is 17.7. The molecule has 0 N–H and O–H groups in total. The molecule has 1 aromatic carbocycles. The Kier molecular flexibility index (Phi) is 5.59. The molecule has 1 heterocycles. The van der Waals surface area contributed by atoms with E-state index in [9.17, 15) is 22.8 Å². The minimum atomic E-state index is -4.62. The van der Waals surface area contributed by atoms with Crippen molar-refractivity contribution in [1.29, 1.82) is 0 Å². The Morgan fingerprint density at radius 2 is 1.75 bits per heavy atom. The van der Waals surface area contributed by atoms with Crippen molar-refractivity contribution in [3.05, 3.63) is 59.5 Å². The van der Waals surface area contributed by atoms with Crippen molar-refractivity contribution in [2.75, 3.05) is 0 Å². The van der Waals surface area contributed by atoms with Crippen LogP contribution in [0.4, 0.5) is 13.2 Å². The third kappa shape index (κ3) is 4.57. The Labute approximate surface area is 137 Å². The van der Waals surface area contributed by atoms with Crippen molar-refractivity contribution in [2.45, 2.75) is 38.3 Å². The molecule has 0 unspecified atom stereocenters. The predicted molar refractivity (Wildman–Crippen MR) is 81.9 cm³/mol. The SMILES string of the molecule is CCC(=O)Cc1ccc([C@H](CC(=O)c2ccccc2)C(F)(F)F)o1. The molecule has 1 aromatic heterocycles. The van der Waals surface area contributed by atoms with Gasteiger partial charge in [0.1, 0.15) is 23.2 Å². The first-order valence-electron chi connectivity index (χ1n) is 7.56. The van der Waals surface area contributed by atoms with E-state index in [4.69, 9.17) is 4.42 Å². The number of rotatable bonds is 7. The van der Waals surface area contributed by atoms with E-state index in [0.29, 0.717) is 0 Å². The van der Waals surface area contributed by atoms with Gasteiger partial charge in [-0.15, -0.1) is 0 Å². The van der Waals surface area contributed by atoms with E-state index in [1.54, 1.807) is 25.1 Å². The lowest BCUT2D eigenvalue weighted by molar-refractivity contribution is -0.153. The van der Waals surface area contributed by atoms with Gasteiger partial charge in [-0.25, -0.2) is 0 Å². The zero-order valence-electron chi connectivity index (χ0n) is 13.1. The second-order valence-corrected chi connectivity index (χ2v) is 5.46. The van der Waals surface area contributed by atoms with Crippen molar-refractivity contribution in [3.63, 3.8) is 0 Å². The zero-order valence-corrected chi connectivity index (χ0v) is 13.1. The molecule has 0 aliphatic rings. The molecule has 0 spiro atoms. The summed E-state index contributed by atoms with van der Waals surface area (Å²) in [6, 6.07) is 10.4. The second-order valence-electron chi connectivity index (χ2n) is 5.46. The van der Waals surface area contributed by atoms with E-state index in [0.717, 1.165) is 0 Å². The molecule has 0 aliphatic carbocycles. The fraction of sp³-hybridized carbons (Fsp3) is 0.333. The van der Waals surface area contributed by atoms with Crippen LogP contribution in [0.1, 0.15) is 47.6 Å². The maximum absolute atomic E-state index is 13.3. The van der Waals surface area contributed by atoms with Crippen molar-refractivity contribution < 1.29 is 27.2 Å².